The topological polar surface area (TPSA) is 86.2 Å². The van der Waals surface area contributed by atoms with Crippen molar-refractivity contribution in [3.05, 3.63) is 60.5 Å². The average Bonchev–Trinajstić information content (AvgIpc) is 2.99. The lowest BCUT2D eigenvalue weighted by Gasteiger charge is -2.06. The van der Waals surface area contributed by atoms with Crippen molar-refractivity contribution in [1.82, 2.24) is 4.98 Å². The SMILES string of the molecule is CCCc1nc(-c2ccccc2)c(-c2ccccc2S(N)(=O)=O)o1. The Hall–Kier alpha value is -2.44. The van der Waals surface area contributed by atoms with E-state index in [1.807, 2.05) is 37.3 Å². The highest BCUT2D eigenvalue weighted by Gasteiger charge is 2.22. The van der Waals surface area contributed by atoms with Gasteiger partial charge in [-0.25, -0.2) is 18.5 Å². The zero-order chi connectivity index (χ0) is 17.2. The summed E-state index contributed by atoms with van der Waals surface area (Å²) >= 11 is 0. The third-order valence-corrected chi connectivity index (χ3v) is 4.59. The van der Waals surface area contributed by atoms with Crippen molar-refractivity contribution in [1.29, 1.82) is 0 Å². The van der Waals surface area contributed by atoms with E-state index in [0.29, 0.717) is 29.3 Å². The van der Waals surface area contributed by atoms with Crippen LogP contribution in [0, 0.1) is 0 Å². The van der Waals surface area contributed by atoms with Crippen LogP contribution in [0.5, 0.6) is 0 Å². The molecule has 1 aromatic heterocycles. The Morgan fingerprint density at radius 2 is 1.71 bits per heavy atom. The third kappa shape index (κ3) is 3.25. The summed E-state index contributed by atoms with van der Waals surface area (Å²) in [6.45, 7) is 2.03. The normalized spacial score (nSPS) is 11.6. The summed E-state index contributed by atoms with van der Waals surface area (Å²) in [5.74, 6) is 1.00. The summed E-state index contributed by atoms with van der Waals surface area (Å²) in [6.07, 6.45) is 1.56. The van der Waals surface area contributed by atoms with E-state index in [2.05, 4.69) is 4.98 Å². The molecule has 0 radical (unpaired) electrons. The van der Waals surface area contributed by atoms with Gasteiger partial charge < -0.3 is 4.42 Å². The molecule has 0 spiro atoms. The van der Waals surface area contributed by atoms with Crippen LogP contribution in [0.3, 0.4) is 0 Å². The molecular weight excluding hydrogens is 324 g/mol. The van der Waals surface area contributed by atoms with E-state index >= 15 is 0 Å². The van der Waals surface area contributed by atoms with Gasteiger partial charge in [-0.15, -0.1) is 0 Å². The molecule has 2 aromatic carbocycles. The Kier molecular flexibility index (Phi) is 4.51. The van der Waals surface area contributed by atoms with Crippen molar-refractivity contribution in [3.8, 4) is 22.6 Å². The largest absolute Gasteiger partial charge is 0.440 e. The molecule has 5 nitrogen and oxygen atoms in total. The van der Waals surface area contributed by atoms with E-state index in [4.69, 9.17) is 9.56 Å². The number of nitrogens with zero attached hydrogens (tertiary/aromatic N) is 1. The monoisotopic (exact) mass is 342 g/mol. The number of oxazole rings is 1. The Labute approximate surface area is 141 Å². The number of primary sulfonamides is 1. The number of nitrogens with two attached hydrogens (primary N) is 1. The summed E-state index contributed by atoms with van der Waals surface area (Å²) in [6, 6.07) is 16.1. The molecule has 2 N–H and O–H groups in total. The number of benzene rings is 2. The molecule has 0 atom stereocenters. The van der Waals surface area contributed by atoms with E-state index in [-0.39, 0.29) is 4.90 Å². The second kappa shape index (κ2) is 6.59. The van der Waals surface area contributed by atoms with Crippen molar-refractivity contribution in [3.63, 3.8) is 0 Å². The molecule has 0 aliphatic carbocycles. The van der Waals surface area contributed by atoms with Crippen LogP contribution >= 0.6 is 0 Å². The van der Waals surface area contributed by atoms with Crippen LogP contribution in [0.4, 0.5) is 0 Å². The second-order valence-electron chi connectivity index (χ2n) is 5.44. The molecule has 0 aliphatic rings. The summed E-state index contributed by atoms with van der Waals surface area (Å²) in [7, 11) is -3.87. The fourth-order valence-corrected chi connectivity index (χ4v) is 3.30. The van der Waals surface area contributed by atoms with E-state index in [1.54, 1.807) is 18.2 Å². The molecule has 0 saturated carbocycles. The van der Waals surface area contributed by atoms with E-state index < -0.39 is 10.0 Å². The quantitative estimate of drug-likeness (QED) is 0.767. The first kappa shape index (κ1) is 16.4. The molecule has 24 heavy (non-hydrogen) atoms. The van der Waals surface area contributed by atoms with Crippen LogP contribution in [0.15, 0.2) is 63.9 Å². The molecular formula is C18H18N2O3S. The van der Waals surface area contributed by atoms with Crippen LogP contribution in [-0.2, 0) is 16.4 Å². The maximum Gasteiger partial charge on any atom is 0.238 e. The fraction of sp³-hybridized carbons (Fsp3) is 0.167. The number of hydrogen-bond donors (Lipinski definition) is 1. The van der Waals surface area contributed by atoms with Crippen LogP contribution in [0.25, 0.3) is 22.6 Å². The summed E-state index contributed by atoms with van der Waals surface area (Å²) < 4.78 is 29.7. The second-order valence-corrected chi connectivity index (χ2v) is 6.97. The number of aryl methyl sites for hydroxylation is 1. The van der Waals surface area contributed by atoms with Gasteiger partial charge in [0.15, 0.2) is 11.7 Å². The first-order valence-corrected chi connectivity index (χ1v) is 9.22. The smallest absolute Gasteiger partial charge is 0.238 e. The molecule has 1 heterocycles. The van der Waals surface area contributed by atoms with Gasteiger partial charge >= 0.3 is 0 Å². The lowest BCUT2D eigenvalue weighted by molar-refractivity contribution is 0.502. The van der Waals surface area contributed by atoms with E-state index in [9.17, 15) is 8.42 Å². The number of aromatic nitrogens is 1. The fourth-order valence-electron chi connectivity index (χ4n) is 2.56. The molecule has 3 aromatic rings. The maximum atomic E-state index is 11.9. The van der Waals surface area contributed by atoms with Crippen molar-refractivity contribution < 1.29 is 12.8 Å². The van der Waals surface area contributed by atoms with Crippen LogP contribution in [0.1, 0.15) is 19.2 Å². The zero-order valence-electron chi connectivity index (χ0n) is 13.3. The minimum Gasteiger partial charge on any atom is -0.440 e. The van der Waals surface area contributed by atoms with Crippen molar-refractivity contribution in [2.45, 2.75) is 24.7 Å². The highest BCUT2D eigenvalue weighted by atomic mass is 32.2. The van der Waals surface area contributed by atoms with Crippen molar-refractivity contribution >= 4 is 10.0 Å². The molecule has 0 aliphatic heterocycles. The Balaban J connectivity index is 2.25. The summed E-state index contributed by atoms with van der Waals surface area (Å²) in [5, 5.41) is 5.36. The first-order valence-electron chi connectivity index (χ1n) is 7.68. The lowest BCUT2D eigenvalue weighted by atomic mass is 10.1. The molecule has 6 heteroatoms. The predicted molar refractivity (Wildman–Crippen MR) is 92.7 cm³/mol. The van der Waals surface area contributed by atoms with Gasteiger partial charge in [0, 0.05) is 17.5 Å². The minimum absolute atomic E-state index is 0.0291. The molecule has 0 fully saturated rings. The molecule has 124 valence electrons. The van der Waals surface area contributed by atoms with Gasteiger partial charge in [-0.05, 0) is 18.6 Å². The van der Waals surface area contributed by atoms with Crippen molar-refractivity contribution in [2.24, 2.45) is 5.14 Å². The van der Waals surface area contributed by atoms with Gasteiger partial charge in [0.1, 0.15) is 5.69 Å². The predicted octanol–water partition coefficient (Wildman–Crippen LogP) is 3.61. The number of rotatable bonds is 5. The number of sulfonamides is 1. The summed E-state index contributed by atoms with van der Waals surface area (Å²) in [4.78, 5) is 4.60. The minimum atomic E-state index is -3.87. The molecule has 0 saturated heterocycles. The number of hydrogen-bond acceptors (Lipinski definition) is 4. The average molecular weight is 342 g/mol. The molecule has 0 amide bonds. The molecule has 3 rings (SSSR count). The Bertz CT molecular complexity index is 947. The maximum absolute atomic E-state index is 11.9. The highest BCUT2D eigenvalue weighted by Crippen LogP contribution is 2.36. The first-order chi connectivity index (χ1) is 11.5. The Morgan fingerprint density at radius 1 is 1.04 bits per heavy atom. The third-order valence-electron chi connectivity index (χ3n) is 3.62. The van der Waals surface area contributed by atoms with E-state index in [1.165, 1.54) is 6.07 Å². The summed E-state index contributed by atoms with van der Waals surface area (Å²) in [5.41, 5.74) is 1.91. The van der Waals surface area contributed by atoms with Crippen LogP contribution < -0.4 is 5.14 Å². The van der Waals surface area contributed by atoms with Crippen LogP contribution in [0.2, 0.25) is 0 Å². The van der Waals surface area contributed by atoms with Gasteiger partial charge in [0.25, 0.3) is 0 Å². The molecule has 0 bridgehead atoms. The van der Waals surface area contributed by atoms with Gasteiger partial charge in [-0.1, -0.05) is 49.4 Å². The van der Waals surface area contributed by atoms with Gasteiger partial charge in [0.2, 0.25) is 10.0 Å². The standard InChI is InChI=1S/C18H18N2O3S/c1-2-8-16-20-17(13-9-4-3-5-10-13)18(23-16)14-11-6-7-12-15(14)24(19,21)22/h3-7,9-12H,2,8H2,1H3,(H2,19,21,22). The van der Waals surface area contributed by atoms with Gasteiger partial charge in [-0.2, -0.15) is 0 Å². The Morgan fingerprint density at radius 3 is 2.38 bits per heavy atom. The van der Waals surface area contributed by atoms with E-state index in [0.717, 1.165) is 12.0 Å². The zero-order valence-corrected chi connectivity index (χ0v) is 14.1. The lowest BCUT2D eigenvalue weighted by Crippen LogP contribution is -2.13. The highest BCUT2D eigenvalue weighted by molar-refractivity contribution is 7.89. The molecule has 0 unspecified atom stereocenters. The van der Waals surface area contributed by atoms with Gasteiger partial charge in [-0.3, -0.25) is 0 Å². The van der Waals surface area contributed by atoms with Crippen LogP contribution in [-0.4, -0.2) is 13.4 Å². The van der Waals surface area contributed by atoms with Gasteiger partial charge in [0.05, 0.1) is 4.90 Å². The van der Waals surface area contributed by atoms with Crippen molar-refractivity contribution in [2.75, 3.05) is 0 Å².